The largest absolute Gasteiger partial charge is 0.388 e. The van der Waals surface area contributed by atoms with E-state index in [-0.39, 0.29) is 11.3 Å². The highest BCUT2D eigenvalue weighted by atomic mass is 16.5. The van der Waals surface area contributed by atoms with E-state index in [0.717, 1.165) is 18.8 Å². The SMILES string of the molecule is CC1(C)CN(C(=O)c2ccccc2N2CCOCC2)CC1(C)O. The number of hydrogen-bond acceptors (Lipinski definition) is 4. The predicted molar refractivity (Wildman–Crippen MR) is 89.8 cm³/mol. The summed E-state index contributed by atoms with van der Waals surface area (Å²) in [6.07, 6.45) is 0. The average Bonchev–Trinajstić information content (AvgIpc) is 2.75. The first-order valence-corrected chi connectivity index (χ1v) is 8.25. The van der Waals surface area contributed by atoms with E-state index in [2.05, 4.69) is 4.90 Å². The molecule has 23 heavy (non-hydrogen) atoms. The predicted octanol–water partition coefficient (Wildman–Crippen LogP) is 1.76. The van der Waals surface area contributed by atoms with Crippen molar-refractivity contribution < 1.29 is 14.6 Å². The van der Waals surface area contributed by atoms with E-state index in [0.29, 0.717) is 31.9 Å². The molecule has 0 bridgehead atoms. The highest BCUT2D eigenvalue weighted by Gasteiger charge is 2.49. The minimum Gasteiger partial charge on any atom is -0.388 e. The Balaban J connectivity index is 1.86. The van der Waals surface area contributed by atoms with Gasteiger partial charge in [0.25, 0.3) is 5.91 Å². The number of morpholine rings is 1. The van der Waals surface area contributed by atoms with Crippen molar-refractivity contribution in [2.75, 3.05) is 44.3 Å². The van der Waals surface area contributed by atoms with Gasteiger partial charge in [-0.05, 0) is 19.1 Å². The van der Waals surface area contributed by atoms with Crippen molar-refractivity contribution in [3.63, 3.8) is 0 Å². The maximum Gasteiger partial charge on any atom is 0.256 e. The number of nitrogens with zero attached hydrogens (tertiary/aromatic N) is 2. The number of anilines is 1. The maximum absolute atomic E-state index is 13.0. The van der Waals surface area contributed by atoms with Crippen LogP contribution in [0.5, 0.6) is 0 Å². The molecule has 1 atom stereocenters. The number of likely N-dealkylation sites (tertiary alicyclic amines) is 1. The molecule has 2 heterocycles. The summed E-state index contributed by atoms with van der Waals surface area (Å²) in [7, 11) is 0. The number of β-amino-alcohol motifs (C(OH)–C–C–N with tert-alkyl or cyclic N) is 1. The summed E-state index contributed by atoms with van der Waals surface area (Å²) in [6, 6.07) is 7.74. The maximum atomic E-state index is 13.0. The number of rotatable bonds is 2. The molecule has 0 aliphatic carbocycles. The minimum atomic E-state index is -0.865. The average molecular weight is 318 g/mol. The molecule has 126 valence electrons. The number of carbonyl (C=O) groups is 1. The standard InChI is InChI=1S/C18H26N2O3/c1-17(2)12-20(13-18(17,3)22)16(21)14-6-4-5-7-15(14)19-8-10-23-11-9-19/h4-7,22H,8-13H2,1-3H3. The van der Waals surface area contributed by atoms with Gasteiger partial charge in [0.05, 0.1) is 30.9 Å². The molecule has 1 aromatic rings. The van der Waals surface area contributed by atoms with E-state index in [9.17, 15) is 9.90 Å². The molecule has 3 rings (SSSR count). The van der Waals surface area contributed by atoms with Gasteiger partial charge in [0.2, 0.25) is 0 Å². The Morgan fingerprint density at radius 1 is 1.13 bits per heavy atom. The minimum absolute atomic E-state index is 0.00191. The fourth-order valence-electron chi connectivity index (χ4n) is 3.34. The van der Waals surface area contributed by atoms with Crippen molar-refractivity contribution in [3.8, 4) is 0 Å². The molecule has 5 heteroatoms. The van der Waals surface area contributed by atoms with E-state index in [1.165, 1.54) is 0 Å². The molecule has 1 aromatic carbocycles. The lowest BCUT2D eigenvalue weighted by Gasteiger charge is -2.31. The molecule has 2 saturated heterocycles. The van der Waals surface area contributed by atoms with Gasteiger partial charge in [-0.3, -0.25) is 4.79 Å². The van der Waals surface area contributed by atoms with Gasteiger partial charge in [-0.1, -0.05) is 26.0 Å². The molecular formula is C18H26N2O3. The second-order valence-corrected chi connectivity index (χ2v) is 7.44. The molecule has 0 saturated carbocycles. The Bertz CT molecular complexity index is 576. The van der Waals surface area contributed by atoms with Crippen LogP contribution >= 0.6 is 0 Å². The number of carbonyl (C=O) groups excluding carboxylic acids is 1. The van der Waals surface area contributed by atoms with Crippen molar-refractivity contribution in [2.24, 2.45) is 5.41 Å². The number of ether oxygens (including phenoxy) is 1. The Labute approximate surface area is 137 Å². The first-order valence-electron chi connectivity index (χ1n) is 8.25. The highest BCUT2D eigenvalue weighted by molar-refractivity contribution is 6.00. The van der Waals surface area contributed by atoms with Gasteiger partial charge in [0.1, 0.15) is 0 Å². The fourth-order valence-corrected chi connectivity index (χ4v) is 3.34. The van der Waals surface area contributed by atoms with Crippen molar-refractivity contribution >= 4 is 11.6 Å². The van der Waals surface area contributed by atoms with E-state index < -0.39 is 5.60 Å². The molecule has 2 aliphatic rings. The van der Waals surface area contributed by atoms with Gasteiger partial charge < -0.3 is 19.6 Å². The smallest absolute Gasteiger partial charge is 0.256 e. The van der Waals surface area contributed by atoms with Gasteiger partial charge in [-0.25, -0.2) is 0 Å². The zero-order valence-electron chi connectivity index (χ0n) is 14.2. The van der Waals surface area contributed by atoms with E-state index in [1.54, 1.807) is 4.90 Å². The van der Waals surface area contributed by atoms with Crippen LogP contribution in [0.15, 0.2) is 24.3 Å². The van der Waals surface area contributed by atoms with Crippen LogP contribution in [-0.2, 0) is 4.74 Å². The molecule has 5 nitrogen and oxygen atoms in total. The van der Waals surface area contributed by atoms with Crippen molar-refractivity contribution in [1.29, 1.82) is 0 Å². The normalized spacial score (nSPS) is 27.3. The van der Waals surface area contributed by atoms with Crippen LogP contribution < -0.4 is 4.90 Å². The number of aliphatic hydroxyl groups is 1. The lowest BCUT2D eigenvalue weighted by atomic mass is 9.79. The summed E-state index contributed by atoms with van der Waals surface area (Å²) in [5.74, 6) is -0.00191. The van der Waals surface area contributed by atoms with Crippen LogP contribution in [0.4, 0.5) is 5.69 Å². The van der Waals surface area contributed by atoms with E-state index >= 15 is 0 Å². The number of amides is 1. The van der Waals surface area contributed by atoms with Gasteiger partial charge >= 0.3 is 0 Å². The summed E-state index contributed by atoms with van der Waals surface area (Å²) in [5, 5.41) is 10.6. The lowest BCUT2D eigenvalue weighted by molar-refractivity contribution is -0.0108. The Kier molecular flexibility index (Phi) is 4.10. The van der Waals surface area contributed by atoms with Crippen LogP contribution in [0, 0.1) is 5.41 Å². The summed E-state index contributed by atoms with van der Waals surface area (Å²) in [6.45, 7) is 9.74. The third kappa shape index (κ3) is 2.95. The quantitative estimate of drug-likeness (QED) is 0.903. The summed E-state index contributed by atoms with van der Waals surface area (Å²) in [4.78, 5) is 17.0. The molecule has 0 spiro atoms. The molecular weight excluding hydrogens is 292 g/mol. The van der Waals surface area contributed by atoms with E-state index in [1.807, 2.05) is 45.0 Å². The Morgan fingerprint density at radius 3 is 2.39 bits per heavy atom. The summed E-state index contributed by atoms with van der Waals surface area (Å²) < 4.78 is 5.41. The molecule has 1 unspecified atom stereocenters. The summed E-state index contributed by atoms with van der Waals surface area (Å²) in [5.41, 5.74) is 0.501. The molecule has 0 aromatic heterocycles. The van der Waals surface area contributed by atoms with Gasteiger partial charge in [0, 0.05) is 30.7 Å². The Hall–Kier alpha value is -1.59. The zero-order valence-corrected chi connectivity index (χ0v) is 14.2. The number of benzene rings is 1. The molecule has 2 fully saturated rings. The van der Waals surface area contributed by atoms with Crippen molar-refractivity contribution in [3.05, 3.63) is 29.8 Å². The van der Waals surface area contributed by atoms with Crippen molar-refractivity contribution in [2.45, 2.75) is 26.4 Å². The van der Waals surface area contributed by atoms with Crippen LogP contribution in [0.2, 0.25) is 0 Å². The molecule has 1 N–H and O–H groups in total. The summed E-state index contributed by atoms with van der Waals surface area (Å²) >= 11 is 0. The molecule has 0 radical (unpaired) electrons. The fraction of sp³-hybridized carbons (Fsp3) is 0.611. The number of para-hydroxylation sites is 1. The van der Waals surface area contributed by atoms with E-state index in [4.69, 9.17) is 4.74 Å². The Morgan fingerprint density at radius 2 is 1.78 bits per heavy atom. The van der Waals surface area contributed by atoms with Crippen LogP contribution in [0.3, 0.4) is 0 Å². The first-order chi connectivity index (χ1) is 10.8. The van der Waals surface area contributed by atoms with Crippen LogP contribution in [0.1, 0.15) is 31.1 Å². The molecule has 2 aliphatic heterocycles. The monoisotopic (exact) mass is 318 g/mol. The lowest BCUT2D eigenvalue weighted by Crippen LogP contribution is -2.40. The van der Waals surface area contributed by atoms with Crippen molar-refractivity contribution in [1.82, 2.24) is 4.90 Å². The van der Waals surface area contributed by atoms with Gasteiger partial charge in [0.15, 0.2) is 0 Å². The second-order valence-electron chi connectivity index (χ2n) is 7.44. The second kappa shape index (κ2) is 5.80. The number of hydrogen-bond donors (Lipinski definition) is 1. The first kappa shape index (κ1) is 16.3. The van der Waals surface area contributed by atoms with Gasteiger partial charge in [-0.15, -0.1) is 0 Å². The van der Waals surface area contributed by atoms with Gasteiger partial charge in [-0.2, -0.15) is 0 Å². The molecule has 1 amide bonds. The third-order valence-corrected chi connectivity index (χ3v) is 5.32. The van der Waals surface area contributed by atoms with Crippen LogP contribution in [0.25, 0.3) is 0 Å². The highest BCUT2D eigenvalue weighted by Crippen LogP contribution is 2.39. The zero-order chi connectivity index (χ0) is 16.7. The van der Waals surface area contributed by atoms with Crippen LogP contribution in [-0.4, -0.2) is 60.9 Å². The topological polar surface area (TPSA) is 53.0 Å². The third-order valence-electron chi connectivity index (χ3n) is 5.32.